The average Bonchev–Trinajstić information content (AvgIpc) is 3.08. The highest BCUT2D eigenvalue weighted by Gasteiger charge is 2.20. The summed E-state index contributed by atoms with van der Waals surface area (Å²) in [5.41, 5.74) is 1.17. The maximum absolute atomic E-state index is 12.4. The highest BCUT2D eigenvalue weighted by molar-refractivity contribution is 6.35. The maximum Gasteiger partial charge on any atom is 0.250 e. The topological polar surface area (TPSA) is 72.7 Å². The van der Waals surface area contributed by atoms with Crippen molar-refractivity contribution in [2.75, 3.05) is 5.32 Å². The summed E-state index contributed by atoms with van der Waals surface area (Å²) in [7, 11) is 0. The number of nitrogens with one attached hydrogen (secondary N) is 1. The number of amides is 1. The van der Waals surface area contributed by atoms with Gasteiger partial charge in [0.05, 0.1) is 10.7 Å². The second kappa shape index (κ2) is 7.39. The Morgan fingerprint density at radius 1 is 1.08 bits per heavy atom. The van der Waals surface area contributed by atoms with Gasteiger partial charge < -0.3 is 5.32 Å². The molecule has 1 unspecified atom stereocenters. The van der Waals surface area contributed by atoms with Crippen molar-refractivity contribution in [3.8, 4) is 11.4 Å². The zero-order valence-electron chi connectivity index (χ0n) is 12.9. The number of hydrogen-bond acceptors (Lipinski definition) is 4. The van der Waals surface area contributed by atoms with Crippen molar-refractivity contribution in [1.29, 1.82) is 0 Å². The van der Waals surface area contributed by atoms with Crippen LogP contribution in [-0.4, -0.2) is 26.1 Å². The molecule has 1 heterocycles. The van der Waals surface area contributed by atoms with Gasteiger partial charge in [-0.1, -0.05) is 34.8 Å². The Hall–Kier alpha value is -2.15. The quantitative estimate of drug-likeness (QED) is 0.704. The molecule has 25 heavy (non-hydrogen) atoms. The van der Waals surface area contributed by atoms with E-state index in [1.54, 1.807) is 49.4 Å². The van der Waals surface area contributed by atoms with Gasteiger partial charge in [-0.05, 0) is 54.6 Å². The average molecular weight is 397 g/mol. The predicted molar refractivity (Wildman–Crippen MR) is 98.1 cm³/mol. The van der Waals surface area contributed by atoms with Crippen molar-refractivity contribution in [3.63, 3.8) is 0 Å². The summed E-state index contributed by atoms with van der Waals surface area (Å²) in [6.07, 6.45) is 0. The summed E-state index contributed by atoms with van der Waals surface area (Å²) in [4.78, 5) is 13.6. The summed E-state index contributed by atoms with van der Waals surface area (Å²) in [6.45, 7) is 1.65. The van der Waals surface area contributed by atoms with E-state index in [2.05, 4.69) is 20.7 Å². The molecule has 3 rings (SSSR count). The molecule has 1 amide bonds. The van der Waals surface area contributed by atoms with Gasteiger partial charge in [0, 0.05) is 15.6 Å². The summed E-state index contributed by atoms with van der Waals surface area (Å²) in [6, 6.07) is 11.1. The van der Waals surface area contributed by atoms with Gasteiger partial charge in [0.15, 0.2) is 0 Å². The molecular formula is C16H12Cl3N5O. The van der Waals surface area contributed by atoms with Gasteiger partial charge in [0.2, 0.25) is 5.82 Å². The van der Waals surface area contributed by atoms with E-state index in [-0.39, 0.29) is 5.91 Å². The number of nitrogens with zero attached hydrogens (tertiary/aromatic N) is 4. The molecule has 0 fully saturated rings. The Bertz CT molecular complexity index is 910. The minimum Gasteiger partial charge on any atom is -0.323 e. The van der Waals surface area contributed by atoms with Crippen LogP contribution in [0.3, 0.4) is 0 Å². The molecule has 0 aliphatic heterocycles. The minimum atomic E-state index is -0.691. The molecule has 0 aliphatic rings. The number of anilines is 1. The highest BCUT2D eigenvalue weighted by Crippen LogP contribution is 2.26. The lowest BCUT2D eigenvalue weighted by Crippen LogP contribution is -2.25. The van der Waals surface area contributed by atoms with Crippen molar-refractivity contribution in [2.45, 2.75) is 13.0 Å². The van der Waals surface area contributed by atoms with E-state index >= 15 is 0 Å². The molecule has 3 aromatic rings. The van der Waals surface area contributed by atoms with E-state index in [1.807, 2.05) is 0 Å². The van der Waals surface area contributed by atoms with Gasteiger partial charge in [-0.3, -0.25) is 4.79 Å². The number of benzene rings is 2. The minimum absolute atomic E-state index is 0.343. The van der Waals surface area contributed by atoms with Gasteiger partial charge in [0.1, 0.15) is 6.04 Å². The summed E-state index contributed by atoms with van der Waals surface area (Å²) in [5.74, 6) is 0.0568. The Labute approximate surface area is 158 Å². The summed E-state index contributed by atoms with van der Waals surface area (Å²) < 4.78 is 0. The zero-order chi connectivity index (χ0) is 18.0. The van der Waals surface area contributed by atoms with Crippen molar-refractivity contribution in [3.05, 3.63) is 57.5 Å². The van der Waals surface area contributed by atoms with Crippen LogP contribution < -0.4 is 5.32 Å². The Morgan fingerprint density at radius 3 is 2.48 bits per heavy atom. The fraction of sp³-hybridized carbons (Fsp3) is 0.125. The van der Waals surface area contributed by atoms with Crippen LogP contribution in [0.5, 0.6) is 0 Å². The van der Waals surface area contributed by atoms with Crippen LogP contribution in [-0.2, 0) is 4.79 Å². The molecule has 1 N–H and O–H groups in total. The smallest absolute Gasteiger partial charge is 0.250 e. The molecule has 1 atom stereocenters. The number of tetrazole rings is 1. The fourth-order valence-electron chi connectivity index (χ4n) is 2.04. The van der Waals surface area contributed by atoms with E-state index in [9.17, 15) is 4.79 Å². The zero-order valence-corrected chi connectivity index (χ0v) is 15.2. The molecule has 0 spiro atoms. The first-order valence-corrected chi connectivity index (χ1v) is 8.39. The molecule has 0 bridgehead atoms. The van der Waals surface area contributed by atoms with Crippen LogP contribution in [0.15, 0.2) is 42.5 Å². The van der Waals surface area contributed by atoms with E-state index in [1.165, 1.54) is 4.80 Å². The maximum atomic E-state index is 12.4. The van der Waals surface area contributed by atoms with Crippen LogP contribution >= 0.6 is 34.8 Å². The Balaban J connectivity index is 1.76. The summed E-state index contributed by atoms with van der Waals surface area (Å²) in [5, 5.41) is 16.3. The van der Waals surface area contributed by atoms with Crippen LogP contribution in [0.4, 0.5) is 5.69 Å². The third-order valence-electron chi connectivity index (χ3n) is 3.44. The SMILES string of the molecule is CC(C(=O)Nc1cc(Cl)ccc1Cl)n1nnc(-c2ccc(Cl)cc2)n1. The lowest BCUT2D eigenvalue weighted by Gasteiger charge is -2.12. The lowest BCUT2D eigenvalue weighted by atomic mass is 10.2. The third-order valence-corrected chi connectivity index (χ3v) is 4.26. The number of carbonyl (C=O) groups is 1. The highest BCUT2D eigenvalue weighted by atomic mass is 35.5. The van der Waals surface area contributed by atoms with Crippen molar-refractivity contribution in [1.82, 2.24) is 20.2 Å². The van der Waals surface area contributed by atoms with Crippen LogP contribution in [0.1, 0.15) is 13.0 Å². The lowest BCUT2D eigenvalue weighted by molar-refractivity contribution is -0.119. The normalized spacial score (nSPS) is 12.0. The number of halogens is 3. The van der Waals surface area contributed by atoms with E-state index in [0.717, 1.165) is 5.56 Å². The Morgan fingerprint density at radius 2 is 1.76 bits per heavy atom. The Kier molecular flexibility index (Phi) is 5.22. The van der Waals surface area contributed by atoms with Crippen molar-refractivity contribution in [2.24, 2.45) is 0 Å². The van der Waals surface area contributed by atoms with Gasteiger partial charge >= 0.3 is 0 Å². The van der Waals surface area contributed by atoms with Crippen molar-refractivity contribution >= 4 is 46.4 Å². The van der Waals surface area contributed by atoms with Gasteiger partial charge in [0.25, 0.3) is 5.91 Å². The first-order chi connectivity index (χ1) is 11.9. The standard InChI is InChI=1S/C16H12Cl3N5O/c1-9(16(25)20-14-8-12(18)6-7-13(14)19)24-22-15(21-23-24)10-2-4-11(17)5-3-10/h2-9H,1H3,(H,20,25). The second-order valence-corrected chi connectivity index (χ2v) is 6.51. The monoisotopic (exact) mass is 395 g/mol. The van der Waals surface area contributed by atoms with E-state index < -0.39 is 6.04 Å². The molecule has 2 aromatic carbocycles. The fourth-order valence-corrected chi connectivity index (χ4v) is 2.50. The molecular weight excluding hydrogens is 385 g/mol. The van der Waals surface area contributed by atoms with Crippen LogP contribution in [0.2, 0.25) is 15.1 Å². The van der Waals surface area contributed by atoms with Gasteiger partial charge in [-0.25, -0.2) is 0 Å². The van der Waals surface area contributed by atoms with Gasteiger partial charge in [-0.15, -0.1) is 10.2 Å². The summed E-state index contributed by atoms with van der Waals surface area (Å²) >= 11 is 17.8. The number of rotatable bonds is 4. The second-order valence-electron chi connectivity index (χ2n) is 5.23. The molecule has 1 aromatic heterocycles. The predicted octanol–water partition coefficient (Wildman–Crippen LogP) is 4.50. The number of aromatic nitrogens is 4. The largest absolute Gasteiger partial charge is 0.323 e. The van der Waals surface area contributed by atoms with E-state index in [4.69, 9.17) is 34.8 Å². The van der Waals surface area contributed by atoms with Crippen molar-refractivity contribution < 1.29 is 4.79 Å². The van der Waals surface area contributed by atoms with Crippen LogP contribution in [0.25, 0.3) is 11.4 Å². The molecule has 0 radical (unpaired) electrons. The number of hydrogen-bond donors (Lipinski definition) is 1. The first kappa shape index (κ1) is 17.7. The molecule has 9 heteroatoms. The molecule has 0 saturated heterocycles. The number of carbonyl (C=O) groups excluding carboxylic acids is 1. The molecule has 0 saturated carbocycles. The van der Waals surface area contributed by atoms with Crippen LogP contribution in [0, 0.1) is 0 Å². The first-order valence-electron chi connectivity index (χ1n) is 7.25. The third kappa shape index (κ3) is 4.10. The van der Waals surface area contributed by atoms with E-state index in [0.29, 0.717) is 26.6 Å². The molecule has 0 aliphatic carbocycles. The van der Waals surface area contributed by atoms with Gasteiger partial charge in [-0.2, -0.15) is 4.80 Å². The molecule has 6 nitrogen and oxygen atoms in total. The molecule has 128 valence electrons.